The SMILES string of the molecule is Cc1nccc2nc(C(C)(C)C)ccc12. The van der Waals surface area contributed by atoms with Crippen LogP contribution in [0.4, 0.5) is 0 Å². The first-order valence-electron chi connectivity index (χ1n) is 5.21. The Morgan fingerprint density at radius 1 is 1.07 bits per heavy atom. The summed E-state index contributed by atoms with van der Waals surface area (Å²) < 4.78 is 0. The van der Waals surface area contributed by atoms with E-state index in [2.05, 4.69) is 42.9 Å². The van der Waals surface area contributed by atoms with Crippen LogP contribution in [-0.2, 0) is 5.41 Å². The highest BCUT2D eigenvalue weighted by Gasteiger charge is 2.15. The molecule has 0 aliphatic rings. The van der Waals surface area contributed by atoms with Gasteiger partial charge in [-0.3, -0.25) is 9.97 Å². The summed E-state index contributed by atoms with van der Waals surface area (Å²) in [4.78, 5) is 8.93. The van der Waals surface area contributed by atoms with E-state index in [1.54, 1.807) is 0 Å². The van der Waals surface area contributed by atoms with Gasteiger partial charge in [-0.05, 0) is 25.1 Å². The second-order valence-corrected chi connectivity index (χ2v) is 4.91. The molecule has 0 fully saturated rings. The van der Waals surface area contributed by atoms with Crippen LogP contribution in [0, 0.1) is 6.92 Å². The van der Waals surface area contributed by atoms with E-state index in [4.69, 9.17) is 0 Å². The van der Waals surface area contributed by atoms with Crippen LogP contribution in [-0.4, -0.2) is 9.97 Å². The van der Waals surface area contributed by atoms with Crippen molar-refractivity contribution >= 4 is 10.9 Å². The van der Waals surface area contributed by atoms with Gasteiger partial charge < -0.3 is 0 Å². The highest BCUT2D eigenvalue weighted by atomic mass is 14.7. The molecule has 0 atom stereocenters. The zero-order chi connectivity index (χ0) is 11.1. The molecule has 2 nitrogen and oxygen atoms in total. The molecular formula is C13H16N2. The first-order valence-corrected chi connectivity index (χ1v) is 5.21. The van der Waals surface area contributed by atoms with Crippen molar-refractivity contribution in [1.82, 2.24) is 9.97 Å². The molecular weight excluding hydrogens is 184 g/mol. The van der Waals surface area contributed by atoms with Gasteiger partial charge in [0.1, 0.15) is 0 Å². The summed E-state index contributed by atoms with van der Waals surface area (Å²) >= 11 is 0. The molecule has 2 aromatic rings. The zero-order valence-corrected chi connectivity index (χ0v) is 9.70. The summed E-state index contributed by atoms with van der Waals surface area (Å²) in [6.07, 6.45) is 1.82. The first-order chi connectivity index (χ1) is 6.98. The Hall–Kier alpha value is -1.44. The minimum absolute atomic E-state index is 0.103. The number of hydrogen-bond donors (Lipinski definition) is 0. The Morgan fingerprint density at radius 2 is 1.80 bits per heavy atom. The summed E-state index contributed by atoms with van der Waals surface area (Å²) in [7, 11) is 0. The molecule has 0 aromatic carbocycles. The van der Waals surface area contributed by atoms with Crippen LogP contribution < -0.4 is 0 Å². The van der Waals surface area contributed by atoms with E-state index in [0.29, 0.717) is 0 Å². The quantitative estimate of drug-likeness (QED) is 0.652. The minimum Gasteiger partial charge on any atom is -0.261 e. The molecule has 0 bridgehead atoms. The topological polar surface area (TPSA) is 25.8 Å². The zero-order valence-electron chi connectivity index (χ0n) is 9.70. The molecule has 2 heteroatoms. The van der Waals surface area contributed by atoms with E-state index in [9.17, 15) is 0 Å². The van der Waals surface area contributed by atoms with Gasteiger partial charge in [0.2, 0.25) is 0 Å². The molecule has 0 amide bonds. The third kappa shape index (κ3) is 1.84. The van der Waals surface area contributed by atoms with Crippen molar-refractivity contribution in [1.29, 1.82) is 0 Å². The van der Waals surface area contributed by atoms with Gasteiger partial charge in [0, 0.05) is 28.4 Å². The van der Waals surface area contributed by atoms with Gasteiger partial charge in [0.25, 0.3) is 0 Å². The average Bonchev–Trinajstić information content (AvgIpc) is 2.16. The van der Waals surface area contributed by atoms with Crippen LogP contribution >= 0.6 is 0 Å². The standard InChI is InChI=1S/C13H16N2/c1-9-10-5-6-12(13(2,3)4)15-11(10)7-8-14-9/h5-8H,1-4H3. The number of aryl methyl sites for hydroxylation is 1. The van der Waals surface area contributed by atoms with E-state index < -0.39 is 0 Å². The lowest BCUT2D eigenvalue weighted by molar-refractivity contribution is 0.571. The van der Waals surface area contributed by atoms with E-state index in [0.717, 1.165) is 22.3 Å². The fraction of sp³-hybridized carbons (Fsp3) is 0.385. The Labute approximate surface area is 90.4 Å². The van der Waals surface area contributed by atoms with E-state index in [1.165, 1.54) is 0 Å². The van der Waals surface area contributed by atoms with E-state index >= 15 is 0 Å². The second-order valence-electron chi connectivity index (χ2n) is 4.91. The van der Waals surface area contributed by atoms with Crippen LogP contribution in [0.5, 0.6) is 0 Å². The molecule has 0 N–H and O–H groups in total. The Bertz CT molecular complexity index is 495. The van der Waals surface area contributed by atoms with Crippen LogP contribution in [0.3, 0.4) is 0 Å². The predicted molar refractivity (Wildman–Crippen MR) is 63.0 cm³/mol. The normalized spacial score (nSPS) is 12.0. The van der Waals surface area contributed by atoms with Gasteiger partial charge in [-0.25, -0.2) is 0 Å². The lowest BCUT2D eigenvalue weighted by atomic mass is 9.91. The Balaban J connectivity index is 2.68. The van der Waals surface area contributed by atoms with Crippen molar-refractivity contribution in [2.24, 2.45) is 0 Å². The number of rotatable bonds is 0. The summed E-state index contributed by atoms with van der Waals surface area (Å²) in [6, 6.07) is 6.18. The van der Waals surface area contributed by atoms with Crippen molar-refractivity contribution in [3.05, 3.63) is 35.8 Å². The molecule has 0 radical (unpaired) electrons. The maximum Gasteiger partial charge on any atom is 0.0739 e. The van der Waals surface area contributed by atoms with Crippen molar-refractivity contribution in [2.45, 2.75) is 33.1 Å². The molecule has 0 aliphatic carbocycles. The Morgan fingerprint density at radius 3 is 2.47 bits per heavy atom. The van der Waals surface area contributed by atoms with Crippen molar-refractivity contribution in [3.63, 3.8) is 0 Å². The maximum atomic E-state index is 4.67. The number of fused-ring (bicyclic) bond motifs is 1. The van der Waals surface area contributed by atoms with Crippen LogP contribution in [0.25, 0.3) is 10.9 Å². The van der Waals surface area contributed by atoms with Gasteiger partial charge >= 0.3 is 0 Å². The van der Waals surface area contributed by atoms with Crippen LogP contribution in [0.2, 0.25) is 0 Å². The molecule has 2 heterocycles. The third-order valence-corrected chi connectivity index (χ3v) is 2.58. The second kappa shape index (κ2) is 3.30. The van der Waals surface area contributed by atoms with Gasteiger partial charge in [0.05, 0.1) is 5.52 Å². The molecule has 0 aliphatic heterocycles. The number of pyridine rings is 2. The lowest BCUT2D eigenvalue weighted by Gasteiger charge is -2.18. The fourth-order valence-electron chi connectivity index (χ4n) is 1.61. The maximum absolute atomic E-state index is 4.67. The third-order valence-electron chi connectivity index (χ3n) is 2.58. The molecule has 2 rings (SSSR count). The molecule has 15 heavy (non-hydrogen) atoms. The summed E-state index contributed by atoms with van der Waals surface area (Å²) in [5.74, 6) is 0. The molecule has 0 unspecified atom stereocenters. The van der Waals surface area contributed by atoms with Crippen molar-refractivity contribution in [3.8, 4) is 0 Å². The van der Waals surface area contributed by atoms with Crippen molar-refractivity contribution < 1.29 is 0 Å². The average molecular weight is 200 g/mol. The molecule has 0 saturated heterocycles. The Kier molecular flexibility index (Phi) is 2.22. The predicted octanol–water partition coefficient (Wildman–Crippen LogP) is 3.24. The number of nitrogens with zero attached hydrogens (tertiary/aromatic N) is 2. The fourth-order valence-corrected chi connectivity index (χ4v) is 1.61. The van der Waals surface area contributed by atoms with Crippen LogP contribution in [0.1, 0.15) is 32.2 Å². The van der Waals surface area contributed by atoms with Crippen LogP contribution in [0.15, 0.2) is 24.4 Å². The van der Waals surface area contributed by atoms with E-state index in [-0.39, 0.29) is 5.41 Å². The molecule has 78 valence electrons. The minimum atomic E-state index is 0.103. The van der Waals surface area contributed by atoms with Gasteiger partial charge in [0.15, 0.2) is 0 Å². The monoisotopic (exact) mass is 200 g/mol. The summed E-state index contributed by atoms with van der Waals surface area (Å²) in [6.45, 7) is 8.54. The summed E-state index contributed by atoms with van der Waals surface area (Å²) in [5, 5.41) is 1.14. The largest absolute Gasteiger partial charge is 0.261 e. The van der Waals surface area contributed by atoms with Gasteiger partial charge in [-0.1, -0.05) is 20.8 Å². The summed E-state index contributed by atoms with van der Waals surface area (Å²) in [5.41, 5.74) is 3.31. The van der Waals surface area contributed by atoms with E-state index in [1.807, 2.05) is 19.2 Å². The number of hydrogen-bond acceptors (Lipinski definition) is 2. The highest BCUT2D eigenvalue weighted by molar-refractivity contribution is 5.80. The van der Waals surface area contributed by atoms with Gasteiger partial charge in [-0.2, -0.15) is 0 Å². The first kappa shape index (κ1) is 10.1. The highest BCUT2D eigenvalue weighted by Crippen LogP contribution is 2.23. The molecule has 2 aromatic heterocycles. The smallest absolute Gasteiger partial charge is 0.0739 e. The van der Waals surface area contributed by atoms with Crippen molar-refractivity contribution in [2.75, 3.05) is 0 Å². The molecule has 0 saturated carbocycles. The lowest BCUT2D eigenvalue weighted by Crippen LogP contribution is -2.13. The molecule has 0 spiro atoms. The number of aromatic nitrogens is 2. The van der Waals surface area contributed by atoms with Gasteiger partial charge in [-0.15, -0.1) is 0 Å².